The number of anilines is 1. The standard InChI is InChI=1S/C11H10N4OS/c12-10(16)7-4-5-9(14-11(7)15-17)8-3-1-2-6-13-8/h1-6,17H,(H2,12,16)(H,14,15). The lowest BCUT2D eigenvalue weighted by atomic mass is 10.2. The molecule has 2 aromatic rings. The maximum absolute atomic E-state index is 11.1. The van der Waals surface area contributed by atoms with Gasteiger partial charge in [0, 0.05) is 6.20 Å². The monoisotopic (exact) mass is 246 g/mol. The van der Waals surface area contributed by atoms with E-state index in [0.29, 0.717) is 22.8 Å². The molecule has 0 bridgehead atoms. The Hall–Kier alpha value is -2.08. The Labute approximate surface area is 104 Å². The molecule has 0 radical (unpaired) electrons. The molecule has 2 rings (SSSR count). The number of nitrogens with zero attached hydrogens (tertiary/aromatic N) is 2. The van der Waals surface area contributed by atoms with E-state index in [0.717, 1.165) is 0 Å². The van der Waals surface area contributed by atoms with Crippen LogP contribution < -0.4 is 10.5 Å². The minimum atomic E-state index is -0.554. The van der Waals surface area contributed by atoms with Crippen molar-refractivity contribution in [2.24, 2.45) is 5.73 Å². The molecule has 0 spiro atoms. The van der Waals surface area contributed by atoms with Gasteiger partial charge in [-0.3, -0.25) is 9.78 Å². The second kappa shape index (κ2) is 4.84. The number of carbonyl (C=O) groups is 1. The normalized spacial score (nSPS) is 9.94. The molecule has 6 heteroatoms. The third-order valence-electron chi connectivity index (χ3n) is 2.19. The molecule has 1 amide bonds. The van der Waals surface area contributed by atoms with Gasteiger partial charge >= 0.3 is 0 Å². The number of amides is 1. The van der Waals surface area contributed by atoms with Crippen molar-refractivity contribution in [2.75, 3.05) is 4.72 Å². The Morgan fingerprint density at radius 3 is 2.65 bits per heavy atom. The zero-order valence-corrected chi connectivity index (χ0v) is 9.69. The van der Waals surface area contributed by atoms with Gasteiger partial charge in [-0.25, -0.2) is 4.98 Å². The first-order chi connectivity index (χ1) is 8.22. The van der Waals surface area contributed by atoms with Gasteiger partial charge < -0.3 is 10.5 Å². The molecule has 0 aliphatic carbocycles. The molecule has 0 saturated heterocycles. The van der Waals surface area contributed by atoms with E-state index in [1.165, 1.54) is 0 Å². The smallest absolute Gasteiger partial charge is 0.252 e. The first-order valence-corrected chi connectivity index (χ1v) is 5.29. The van der Waals surface area contributed by atoms with E-state index >= 15 is 0 Å². The molecule has 86 valence electrons. The van der Waals surface area contributed by atoms with E-state index in [1.807, 2.05) is 18.2 Å². The fraction of sp³-hybridized carbons (Fsp3) is 0. The summed E-state index contributed by atoms with van der Waals surface area (Å²) in [7, 11) is 0. The molecule has 0 unspecified atom stereocenters. The molecule has 0 saturated carbocycles. The fourth-order valence-corrected chi connectivity index (χ4v) is 1.57. The molecule has 0 aliphatic heterocycles. The molecule has 5 nitrogen and oxygen atoms in total. The summed E-state index contributed by atoms with van der Waals surface area (Å²) in [4.78, 5) is 19.5. The molecule has 0 aromatic carbocycles. The van der Waals surface area contributed by atoms with Gasteiger partial charge in [0.15, 0.2) is 0 Å². The van der Waals surface area contributed by atoms with Crippen LogP contribution in [-0.2, 0) is 0 Å². The van der Waals surface area contributed by atoms with E-state index in [2.05, 4.69) is 27.5 Å². The highest BCUT2D eigenvalue weighted by molar-refractivity contribution is 7.81. The van der Waals surface area contributed by atoms with Crippen LogP contribution in [0.2, 0.25) is 0 Å². The second-order valence-corrected chi connectivity index (χ2v) is 3.51. The van der Waals surface area contributed by atoms with E-state index in [1.54, 1.807) is 18.3 Å². The Morgan fingerprint density at radius 2 is 2.06 bits per heavy atom. The summed E-state index contributed by atoms with van der Waals surface area (Å²) in [6, 6.07) is 8.79. The quantitative estimate of drug-likeness (QED) is 0.717. The Balaban J connectivity index is 2.49. The number of nitrogens with two attached hydrogens (primary N) is 1. The summed E-state index contributed by atoms with van der Waals surface area (Å²) in [6.07, 6.45) is 1.67. The first-order valence-electron chi connectivity index (χ1n) is 4.84. The van der Waals surface area contributed by atoms with E-state index in [-0.39, 0.29) is 0 Å². The zero-order valence-electron chi connectivity index (χ0n) is 8.79. The van der Waals surface area contributed by atoms with Crippen molar-refractivity contribution < 1.29 is 4.79 Å². The van der Waals surface area contributed by atoms with Crippen LogP contribution in [0, 0.1) is 0 Å². The number of carbonyl (C=O) groups excluding carboxylic acids is 1. The Morgan fingerprint density at radius 1 is 1.24 bits per heavy atom. The highest BCUT2D eigenvalue weighted by Crippen LogP contribution is 2.20. The van der Waals surface area contributed by atoms with Crippen molar-refractivity contribution in [1.82, 2.24) is 9.97 Å². The molecule has 17 heavy (non-hydrogen) atoms. The third kappa shape index (κ3) is 2.36. The molecular formula is C11H10N4OS. The Kier molecular flexibility index (Phi) is 3.24. The van der Waals surface area contributed by atoms with Crippen LogP contribution >= 0.6 is 12.8 Å². The summed E-state index contributed by atoms with van der Waals surface area (Å²) in [5.74, 6) is -0.231. The van der Waals surface area contributed by atoms with Gasteiger partial charge in [0.25, 0.3) is 5.91 Å². The van der Waals surface area contributed by atoms with Gasteiger partial charge in [0.2, 0.25) is 0 Å². The molecule has 0 fully saturated rings. The van der Waals surface area contributed by atoms with Crippen LogP contribution in [0.4, 0.5) is 5.82 Å². The summed E-state index contributed by atoms with van der Waals surface area (Å²) in [5.41, 5.74) is 6.86. The van der Waals surface area contributed by atoms with Gasteiger partial charge in [0.1, 0.15) is 5.82 Å². The van der Waals surface area contributed by atoms with Gasteiger partial charge in [-0.05, 0) is 24.3 Å². The number of aromatic nitrogens is 2. The van der Waals surface area contributed by atoms with E-state index in [4.69, 9.17) is 5.73 Å². The summed E-state index contributed by atoms with van der Waals surface area (Å²) in [6.45, 7) is 0. The van der Waals surface area contributed by atoms with E-state index in [9.17, 15) is 4.79 Å². The number of pyridine rings is 2. The lowest BCUT2D eigenvalue weighted by molar-refractivity contribution is 0.100. The molecule has 2 aromatic heterocycles. The number of rotatable bonds is 3. The molecule has 0 atom stereocenters. The van der Waals surface area contributed by atoms with Crippen molar-refractivity contribution in [3.63, 3.8) is 0 Å². The summed E-state index contributed by atoms with van der Waals surface area (Å²) < 4.78 is 2.54. The lowest BCUT2D eigenvalue weighted by Gasteiger charge is -2.06. The van der Waals surface area contributed by atoms with Crippen LogP contribution in [0.25, 0.3) is 11.4 Å². The van der Waals surface area contributed by atoms with Crippen molar-refractivity contribution >= 4 is 24.5 Å². The van der Waals surface area contributed by atoms with E-state index < -0.39 is 5.91 Å². The van der Waals surface area contributed by atoms with Crippen molar-refractivity contribution in [3.05, 3.63) is 42.1 Å². The number of hydrogen-bond donors (Lipinski definition) is 3. The average molecular weight is 246 g/mol. The molecule has 3 N–H and O–H groups in total. The minimum Gasteiger partial charge on any atom is -0.365 e. The van der Waals surface area contributed by atoms with Crippen LogP contribution in [0.5, 0.6) is 0 Å². The predicted molar refractivity (Wildman–Crippen MR) is 68.6 cm³/mol. The maximum Gasteiger partial charge on any atom is 0.252 e. The second-order valence-electron chi connectivity index (χ2n) is 3.28. The van der Waals surface area contributed by atoms with Gasteiger partial charge in [-0.2, -0.15) is 0 Å². The number of primary amides is 1. The largest absolute Gasteiger partial charge is 0.365 e. The minimum absolute atomic E-state index is 0.291. The Bertz CT molecular complexity index is 544. The average Bonchev–Trinajstić information content (AvgIpc) is 2.39. The maximum atomic E-state index is 11.1. The summed E-state index contributed by atoms with van der Waals surface area (Å²) in [5, 5.41) is 0. The first kappa shape index (κ1) is 11.4. The molecular weight excluding hydrogens is 236 g/mol. The SMILES string of the molecule is NC(=O)c1ccc(-c2ccccn2)nc1NS. The van der Waals surface area contributed by atoms with Crippen molar-refractivity contribution in [1.29, 1.82) is 0 Å². The van der Waals surface area contributed by atoms with Crippen LogP contribution in [-0.4, -0.2) is 15.9 Å². The van der Waals surface area contributed by atoms with Crippen molar-refractivity contribution in [3.8, 4) is 11.4 Å². The van der Waals surface area contributed by atoms with Crippen LogP contribution in [0.3, 0.4) is 0 Å². The number of nitrogens with one attached hydrogen (secondary N) is 1. The lowest BCUT2D eigenvalue weighted by Crippen LogP contribution is -2.13. The van der Waals surface area contributed by atoms with Crippen LogP contribution in [0.15, 0.2) is 36.5 Å². The van der Waals surface area contributed by atoms with Crippen LogP contribution in [0.1, 0.15) is 10.4 Å². The highest BCUT2D eigenvalue weighted by atomic mass is 32.1. The third-order valence-corrected chi connectivity index (χ3v) is 2.41. The van der Waals surface area contributed by atoms with Gasteiger partial charge in [-0.15, -0.1) is 0 Å². The van der Waals surface area contributed by atoms with Crippen molar-refractivity contribution in [2.45, 2.75) is 0 Å². The molecule has 0 aliphatic rings. The zero-order chi connectivity index (χ0) is 12.3. The summed E-state index contributed by atoms with van der Waals surface area (Å²) >= 11 is 3.89. The fourth-order valence-electron chi connectivity index (χ4n) is 1.40. The topological polar surface area (TPSA) is 80.9 Å². The van der Waals surface area contributed by atoms with Gasteiger partial charge in [0.05, 0.1) is 17.0 Å². The number of hydrogen-bond acceptors (Lipinski definition) is 5. The molecule has 2 heterocycles. The van der Waals surface area contributed by atoms with Gasteiger partial charge in [-0.1, -0.05) is 18.9 Å². The predicted octanol–water partition coefficient (Wildman–Crippen LogP) is 1.50. The highest BCUT2D eigenvalue weighted by Gasteiger charge is 2.10. The number of thiol groups is 1.